The third-order valence-corrected chi connectivity index (χ3v) is 2.31. The predicted octanol–water partition coefficient (Wildman–Crippen LogP) is 1.68. The first-order chi connectivity index (χ1) is 5.70. The lowest BCUT2D eigenvalue weighted by atomic mass is 10.1. The molecule has 0 saturated heterocycles. The molecule has 0 aromatic carbocycles. The number of ether oxygens (including phenoxy) is 1. The number of carbonyl (C=O) groups excluding carboxylic acids is 2. The molecule has 0 N–H and O–H groups in total. The Morgan fingerprint density at radius 2 is 2.33 bits per heavy atom. The van der Waals surface area contributed by atoms with E-state index in [9.17, 15) is 9.59 Å². The summed E-state index contributed by atoms with van der Waals surface area (Å²) >= 11 is 3.33. The summed E-state index contributed by atoms with van der Waals surface area (Å²) in [6, 6.07) is 0. The molecule has 70 valence electrons. The lowest BCUT2D eigenvalue weighted by molar-refractivity contribution is -0.140. The van der Waals surface area contributed by atoms with Crippen LogP contribution >= 0.6 is 15.9 Å². The molecule has 0 aliphatic carbocycles. The summed E-state index contributed by atoms with van der Waals surface area (Å²) < 4.78 is 4.47. The Kier molecular flexibility index (Phi) is 7.05. The highest BCUT2D eigenvalue weighted by atomic mass is 79.9. The first-order valence-corrected chi connectivity index (χ1v) is 4.76. The molecule has 0 spiro atoms. The lowest BCUT2D eigenvalue weighted by Crippen LogP contribution is -2.03. The molecule has 0 saturated carbocycles. The average Bonchev–Trinajstić information content (AvgIpc) is 2.04. The largest absolute Gasteiger partial charge is 0.469 e. The zero-order valence-corrected chi connectivity index (χ0v) is 8.67. The van der Waals surface area contributed by atoms with Crippen LogP contribution in [0.4, 0.5) is 0 Å². The van der Waals surface area contributed by atoms with Gasteiger partial charge in [-0.3, -0.25) is 4.79 Å². The lowest BCUT2D eigenvalue weighted by Gasteiger charge is -2.03. The van der Waals surface area contributed by atoms with Crippen LogP contribution in [0.15, 0.2) is 0 Å². The van der Waals surface area contributed by atoms with Gasteiger partial charge in [-0.1, -0.05) is 15.9 Å². The molecular weight excluding hydrogens is 224 g/mol. The Balaban J connectivity index is 3.29. The quantitative estimate of drug-likeness (QED) is 0.401. The van der Waals surface area contributed by atoms with Crippen LogP contribution in [0.25, 0.3) is 0 Å². The highest BCUT2D eigenvalue weighted by Crippen LogP contribution is 2.12. The van der Waals surface area contributed by atoms with E-state index in [1.165, 1.54) is 7.11 Å². The fourth-order valence-corrected chi connectivity index (χ4v) is 1.27. The van der Waals surface area contributed by atoms with Crippen molar-refractivity contribution < 1.29 is 14.3 Å². The zero-order chi connectivity index (χ0) is 9.40. The van der Waals surface area contributed by atoms with Gasteiger partial charge in [0.2, 0.25) is 0 Å². The molecule has 0 radical (unpaired) electrons. The van der Waals surface area contributed by atoms with Gasteiger partial charge in [-0.25, -0.2) is 0 Å². The maximum atomic E-state index is 10.6. The predicted molar refractivity (Wildman–Crippen MR) is 49.3 cm³/mol. The Labute approximate surface area is 80.6 Å². The second kappa shape index (κ2) is 7.28. The van der Waals surface area contributed by atoms with Gasteiger partial charge < -0.3 is 9.53 Å². The van der Waals surface area contributed by atoms with Crippen molar-refractivity contribution in [2.45, 2.75) is 30.5 Å². The molecule has 0 aliphatic heterocycles. The third-order valence-electron chi connectivity index (χ3n) is 1.48. The monoisotopic (exact) mass is 236 g/mol. The van der Waals surface area contributed by atoms with Gasteiger partial charge in [0.15, 0.2) is 0 Å². The van der Waals surface area contributed by atoms with Crippen LogP contribution in [0.5, 0.6) is 0 Å². The van der Waals surface area contributed by atoms with Crippen molar-refractivity contribution in [2.75, 3.05) is 7.11 Å². The van der Waals surface area contributed by atoms with Crippen molar-refractivity contribution in [1.29, 1.82) is 0 Å². The maximum absolute atomic E-state index is 10.6. The van der Waals surface area contributed by atoms with Gasteiger partial charge >= 0.3 is 5.97 Å². The Morgan fingerprint density at radius 3 is 2.83 bits per heavy atom. The maximum Gasteiger partial charge on any atom is 0.305 e. The molecule has 0 bridgehead atoms. The highest BCUT2D eigenvalue weighted by Gasteiger charge is 2.05. The minimum Gasteiger partial charge on any atom is -0.469 e. The first-order valence-electron chi connectivity index (χ1n) is 3.85. The molecule has 3 nitrogen and oxygen atoms in total. The summed E-state index contributed by atoms with van der Waals surface area (Å²) in [5, 5.41) is 0. The first kappa shape index (κ1) is 11.6. The van der Waals surface area contributed by atoms with Gasteiger partial charge in [-0.15, -0.1) is 0 Å². The van der Waals surface area contributed by atoms with Gasteiger partial charge in [-0.2, -0.15) is 0 Å². The number of esters is 1. The van der Waals surface area contributed by atoms with E-state index in [2.05, 4.69) is 20.7 Å². The smallest absolute Gasteiger partial charge is 0.305 e. The van der Waals surface area contributed by atoms with Gasteiger partial charge in [0.05, 0.1) is 7.11 Å². The van der Waals surface area contributed by atoms with Gasteiger partial charge in [-0.05, 0) is 12.8 Å². The summed E-state index contributed by atoms with van der Waals surface area (Å²) in [5.41, 5.74) is 0. The van der Waals surface area contributed by atoms with E-state index in [4.69, 9.17) is 0 Å². The summed E-state index contributed by atoms with van der Waals surface area (Å²) in [4.78, 5) is 20.9. The van der Waals surface area contributed by atoms with Crippen LogP contribution in [0, 0.1) is 0 Å². The van der Waals surface area contributed by atoms with Gasteiger partial charge in [0.1, 0.15) is 6.29 Å². The molecule has 0 fully saturated rings. The molecule has 0 rings (SSSR count). The summed E-state index contributed by atoms with van der Waals surface area (Å²) in [6.07, 6.45) is 3.39. The number of rotatable bonds is 6. The number of halogens is 1. The summed E-state index contributed by atoms with van der Waals surface area (Å²) in [6.45, 7) is 0. The van der Waals surface area contributed by atoms with Crippen LogP contribution < -0.4 is 0 Å². The molecule has 0 aromatic rings. The van der Waals surface area contributed by atoms with Gasteiger partial charge in [0.25, 0.3) is 0 Å². The fraction of sp³-hybridized carbons (Fsp3) is 0.750. The number of aldehydes is 1. The normalized spacial score (nSPS) is 12.2. The molecule has 0 heterocycles. The minimum absolute atomic E-state index is 0.194. The van der Waals surface area contributed by atoms with E-state index in [0.717, 1.165) is 19.1 Å². The second-order valence-corrected chi connectivity index (χ2v) is 3.76. The van der Waals surface area contributed by atoms with E-state index in [1.807, 2.05) is 0 Å². The number of methoxy groups -OCH3 is 1. The van der Waals surface area contributed by atoms with E-state index in [-0.39, 0.29) is 10.8 Å². The third kappa shape index (κ3) is 6.34. The highest BCUT2D eigenvalue weighted by molar-refractivity contribution is 9.09. The molecule has 0 aromatic heterocycles. The van der Waals surface area contributed by atoms with Crippen molar-refractivity contribution >= 4 is 28.2 Å². The Hall–Kier alpha value is -0.380. The summed E-state index contributed by atoms with van der Waals surface area (Å²) in [7, 11) is 1.37. The molecule has 1 atom stereocenters. The number of hydrogen-bond acceptors (Lipinski definition) is 3. The fourth-order valence-electron chi connectivity index (χ4n) is 0.792. The van der Waals surface area contributed by atoms with Crippen LogP contribution in [-0.4, -0.2) is 24.2 Å². The van der Waals surface area contributed by atoms with Crippen molar-refractivity contribution in [3.63, 3.8) is 0 Å². The molecule has 0 amide bonds. The van der Waals surface area contributed by atoms with Crippen molar-refractivity contribution in [2.24, 2.45) is 0 Å². The molecule has 4 heteroatoms. The van der Waals surface area contributed by atoms with E-state index in [0.29, 0.717) is 12.8 Å². The van der Waals surface area contributed by atoms with Crippen molar-refractivity contribution in [3.05, 3.63) is 0 Å². The topological polar surface area (TPSA) is 43.4 Å². The number of hydrogen-bond donors (Lipinski definition) is 0. The van der Waals surface area contributed by atoms with Crippen LogP contribution in [0.3, 0.4) is 0 Å². The van der Waals surface area contributed by atoms with Crippen molar-refractivity contribution in [1.82, 2.24) is 0 Å². The van der Waals surface area contributed by atoms with E-state index >= 15 is 0 Å². The summed E-state index contributed by atoms with van der Waals surface area (Å²) in [5.74, 6) is -0.194. The van der Waals surface area contributed by atoms with E-state index in [1.54, 1.807) is 0 Å². The molecule has 0 aliphatic rings. The van der Waals surface area contributed by atoms with Crippen LogP contribution in [0.1, 0.15) is 25.7 Å². The zero-order valence-electron chi connectivity index (χ0n) is 7.09. The standard InChI is InChI=1S/C8H13BrO3/c1-12-8(11)4-2-3-7(9)5-6-10/h6-7H,2-5H2,1H3. The SMILES string of the molecule is COC(=O)CCCC(Br)CC=O. The number of carbonyl (C=O) groups is 2. The van der Waals surface area contributed by atoms with Crippen LogP contribution in [0.2, 0.25) is 0 Å². The van der Waals surface area contributed by atoms with Crippen molar-refractivity contribution in [3.8, 4) is 0 Å². The van der Waals surface area contributed by atoms with Crippen LogP contribution in [-0.2, 0) is 14.3 Å². The number of alkyl halides is 1. The molecular formula is C8H13BrO3. The van der Waals surface area contributed by atoms with E-state index < -0.39 is 0 Å². The minimum atomic E-state index is -0.194. The average molecular weight is 237 g/mol. The Morgan fingerprint density at radius 1 is 1.67 bits per heavy atom. The Bertz CT molecular complexity index is 147. The second-order valence-electron chi connectivity index (χ2n) is 2.47. The molecule has 1 unspecified atom stereocenters. The molecule has 12 heavy (non-hydrogen) atoms. The van der Waals surface area contributed by atoms with Gasteiger partial charge in [0, 0.05) is 17.7 Å².